The third-order valence-corrected chi connectivity index (χ3v) is 3.81. The highest BCUT2D eigenvalue weighted by Crippen LogP contribution is 2.13. The average molecular weight is 273 g/mol. The summed E-state index contributed by atoms with van der Waals surface area (Å²) in [6, 6.07) is -0.261. The van der Waals surface area contributed by atoms with Gasteiger partial charge in [-0.15, -0.1) is 0 Å². The van der Waals surface area contributed by atoms with Gasteiger partial charge in [0.2, 0.25) is 0 Å². The van der Waals surface area contributed by atoms with Gasteiger partial charge < -0.3 is 15.9 Å². The van der Waals surface area contributed by atoms with Crippen LogP contribution in [0.25, 0.3) is 0 Å². The van der Waals surface area contributed by atoms with E-state index in [4.69, 9.17) is 10.8 Å². The summed E-state index contributed by atoms with van der Waals surface area (Å²) >= 11 is 0. The molecule has 0 aromatic heterocycles. The highest BCUT2D eigenvalue weighted by atomic mass is 16.3. The molecule has 0 spiro atoms. The second kappa shape index (κ2) is 14.3. The molecule has 3 nitrogen and oxygen atoms in total. The van der Waals surface area contributed by atoms with E-state index in [2.05, 4.69) is 6.92 Å². The molecule has 0 bridgehead atoms. The number of hydrogen-bond acceptors (Lipinski definition) is 3. The summed E-state index contributed by atoms with van der Waals surface area (Å²) in [6.45, 7) is 2.32. The van der Waals surface area contributed by atoms with Gasteiger partial charge in [0.25, 0.3) is 0 Å². The average Bonchev–Trinajstić information content (AvgIpc) is 2.41. The molecule has 0 fully saturated rings. The third-order valence-electron chi connectivity index (χ3n) is 3.81. The summed E-state index contributed by atoms with van der Waals surface area (Å²) in [5.74, 6) is 0. The van der Waals surface area contributed by atoms with Gasteiger partial charge >= 0.3 is 0 Å². The summed E-state index contributed by atoms with van der Waals surface area (Å²) < 4.78 is 0. The van der Waals surface area contributed by atoms with Crippen molar-refractivity contribution in [3.8, 4) is 0 Å². The van der Waals surface area contributed by atoms with E-state index in [9.17, 15) is 5.11 Å². The molecule has 4 N–H and O–H groups in total. The molecule has 0 radical (unpaired) electrons. The minimum atomic E-state index is -0.443. The largest absolute Gasteiger partial charge is 0.396 e. The van der Waals surface area contributed by atoms with Crippen molar-refractivity contribution in [1.29, 1.82) is 0 Å². The quantitative estimate of drug-likeness (QED) is 0.425. The first-order valence-corrected chi connectivity index (χ1v) is 8.26. The van der Waals surface area contributed by atoms with E-state index >= 15 is 0 Å². The molecule has 2 unspecified atom stereocenters. The van der Waals surface area contributed by atoms with Gasteiger partial charge in [0.1, 0.15) is 0 Å². The second-order valence-electron chi connectivity index (χ2n) is 5.71. The second-order valence-corrected chi connectivity index (χ2v) is 5.71. The Morgan fingerprint density at radius 1 is 0.789 bits per heavy atom. The van der Waals surface area contributed by atoms with Gasteiger partial charge in [0.15, 0.2) is 0 Å². The smallest absolute Gasteiger partial charge is 0.0691 e. The van der Waals surface area contributed by atoms with Crippen molar-refractivity contribution in [1.82, 2.24) is 0 Å². The molecule has 0 aromatic rings. The highest BCUT2D eigenvalue weighted by molar-refractivity contribution is 4.71. The molecule has 0 aliphatic heterocycles. The summed E-state index contributed by atoms with van der Waals surface area (Å²) in [5.41, 5.74) is 5.74. The minimum absolute atomic E-state index is 0.0657. The molecular weight excluding hydrogens is 238 g/mol. The van der Waals surface area contributed by atoms with Crippen LogP contribution in [0.1, 0.15) is 84.0 Å². The van der Waals surface area contributed by atoms with Crippen LogP contribution in [0.5, 0.6) is 0 Å². The van der Waals surface area contributed by atoms with Crippen LogP contribution in [0, 0.1) is 0 Å². The Kier molecular flexibility index (Phi) is 14.2. The Balaban J connectivity index is 3.18. The maximum absolute atomic E-state index is 9.74. The van der Waals surface area contributed by atoms with Crippen LogP contribution >= 0.6 is 0 Å². The van der Waals surface area contributed by atoms with Crippen LogP contribution < -0.4 is 5.73 Å². The molecule has 0 aliphatic carbocycles. The first kappa shape index (κ1) is 18.9. The van der Waals surface area contributed by atoms with E-state index < -0.39 is 6.10 Å². The molecular formula is C16H35NO2. The topological polar surface area (TPSA) is 66.5 Å². The van der Waals surface area contributed by atoms with Crippen molar-refractivity contribution in [2.45, 2.75) is 96.1 Å². The van der Waals surface area contributed by atoms with Gasteiger partial charge in [-0.3, -0.25) is 0 Å². The Bertz CT molecular complexity index is 176. The van der Waals surface area contributed by atoms with E-state index in [0.717, 1.165) is 12.8 Å². The standard InChI is InChI=1S/C16H35NO2/c1-2-3-4-5-6-7-8-9-10-11-12-16(19)15(17)13-14-18/h15-16,18-19H,2-14,17H2,1H3. The molecule has 19 heavy (non-hydrogen) atoms. The fraction of sp³-hybridized carbons (Fsp3) is 1.00. The molecule has 3 heteroatoms. The Morgan fingerprint density at radius 3 is 1.74 bits per heavy atom. The summed E-state index contributed by atoms with van der Waals surface area (Å²) in [5, 5.41) is 18.5. The fourth-order valence-corrected chi connectivity index (χ4v) is 2.40. The summed E-state index contributed by atoms with van der Waals surface area (Å²) in [4.78, 5) is 0. The highest BCUT2D eigenvalue weighted by Gasteiger charge is 2.13. The first-order valence-electron chi connectivity index (χ1n) is 8.26. The van der Waals surface area contributed by atoms with Crippen LogP contribution in [-0.4, -0.2) is 29.0 Å². The number of aliphatic hydroxyl groups is 2. The van der Waals surface area contributed by atoms with Crippen molar-refractivity contribution in [2.75, 3.05) is 6.61 Å². The molecule has 116 valence electrons. The van der Waals surface area contributed by atoms with Gasteiger partial charge in [-0.2, -0.15) is 0 Å². The van der Waals surface area contributed by atoms with Gasteiger partial charge in [0.05, 0.1) is 6.10 Å². The molecule has 0 heterocycles. The van der Waals surface area contributed by atoms with Crippen molar-refractivity contribution >= 4 is 0 Å². The summed E-state index contributed by atoms with van der Waals surface area (Å²) in [6.07, 6.45) is 13.9. The van der Waals surface area contributed by atoms with Crippen molar-refractivity contribution in [3.05, 3.63) is 0 Å². The molecule has 0 aromatic carbocycles. The molecule has 0 rings (SSSR count). The number of aliphatic hydroxyl groups excluding tert-OH is 2. The van der Waals surface area contributed by atoms with Crippen molar-refractivity contribution in [3.63, 3.8) is 0 Å². The summed E-state index contributed by atoms with van der Waals surface area (Å²) in [7, 11) is 0. The van der Waals surface area contributed by atoms with Crippen LogP contribution in [0.3, 0.4) is 0 Å². The monoisotopic (exact) mass is 273 g/mol. The third kappa shape index (κ3) is 12.6. The lowest BCUT2D eigenvalue weighted by molar-refractivity contribution is 0.116. The van der Waals surface area contributed by atoms with E-state index in [1.807, 2.05) is 0 Å². The molecule has 0 amide bonds. The lowest BCUT2D eigenvalue weighted by Crippen LogP contribution is -2.35. The predicted molar refractivity (Wildman–Crippen MR) is 82.1 cm³/mol. The van der Waals surface area contributed by atoms with Crippen molar-refractivity contribution in [2.24, 2.45) is 5.73 Å². The Hall–Kier alpha value is -0.120. The maximum atomic E-state index is 9.74. The predicted octanol–water partition coefficient (Wildman–Crippen LogP) is 3.37. The van der Waals surface area contributed by atoms with E-state index in [-0.39, 0.29) is 12.6 Å². The van der Waals surface area contributed by atoms with Gasteiger partial charge in [-0.25, -0.2) is 0 Å². The van der Waals surface area contributed by atoms with Gasteiger partial charge in [-0.05, 0) is 12.8 Å². The molecule has 2 atom stereocenters. The first-order chi connectivity index (χ1) is 9.22. The normalized spacial score (nSPS) is 14.5. The van der Waals surface area contributed by atoms with Gasteiger partial charge in [0, 0.05) is 12.6 Å². The van der Waals surface area contributed by atoms with Crippen LogP contribution in [0.4, 0.5) is 0 Å². The Morgan fingerprint density at radius 2 is 1.26 bits per heavy atom. The van der Waals surface area contributed by atoms with E-state index in [1.54, 1.807) is 0 Å². The van der Waals surface area contributed by atoms with E-state index in [1.165, 1.54) is 57.8 Å². The zero-order chi connectivity index (χ0) is 14.3. The molecule has 0 saturated heterocycles. The number of nitrogens with two attached hydrogens (primary N) is 1. The lowest BCUT2D eigenvalue weighted by Gasteiger charge is -2.17. The van der Waals surface area contributed by atoms with Crippen LogP contribution in [-0.2, 0) is 0 Å². The van der Waals surface area contributed by atoms with Crippen molar-refractivity contribution < 1.29 is 10.2 Å². The number of unbranched alkanes of at least 4 members (excludes halogenated alkanes) is 9. The lowest BCUT2D eigenvalue weighted by atomic mass is 10.0. The molecule has 0 aliphatic rings. The molecule has 0 saturated carbocycles. The number of hydrogen-bond donors (Lipinski definition) is 3. The van der Waals surface area contributed by atoms with Gasteiger partial charge in [-0.1, -0.05) is 71.1 Å². The van der Waals surface area contributed by atoms with Crippen LogP contribution in [0.2, 0.25) is 0 Å². The zero-order valence-electron chi connectivity index (χ0n) is 12.8. The van der Waals surface area contributed by atoms with Crippen LogP contribution in [0.15, 0.2) is 0 Å². The Labute approximate surface area is 119 Å². The minimum Gasteiger partial charge on any atom is -0.396 e. The maximum Gasteiger partial charge on any atom is 0.0691 e. The zero-order valence-corrected chi connectivity index (χ0v) is 12.8. The fourth-order valence-electron chi connectivity index (χ4n) is 2.40. The van der Waals surface area contributed by atoms with E-state index in [0.29, 0.717) is 6.42 Å². The number of rotatable bonds is 14. The SMILES string of the molecule is CCCCCCCCCCCCC(O)C(N)CCO.